The molecule has 0 aliphatic carbocycles. The highest BCUT2D eigenvalue weighted by atomic mass is 19.1. The number of hydrogen-bond acceptors (Lipinski definition) is 7. The molecule has 0 saturated carbocycles. The predicted molar refractivity (Wildman–Crippen MR) is 125 cm³/mol. The number of pyridine rings is 1. The van der Waals surface area contributed by atoms with Gasteiger partial charge >= 0.3 is 0 Å². The first-order chi connectivity index (χ1) is 16.0. The zero-order valence-corrected chi connectivity index (χ0v) is 19.1. The van der Waals surface area contributed by atoms with Crippen LogP contribution in [0.2, 0.25) is 0 Å². The van der Waals surface area contributed by atoms with Crippen LogP contribution in [-0.4, -0.2) is 62.9 Å². The van der Waals surface area contributed by atoms with E-state index >= 15 is 0 Å². The Labute approximate surface area is 192 Å². The van der Waals surface area contributed by atoms with Crippen molar-refractivity contribution >= 4 is 17.5 Å². The third-order valence-corrected chi connectivity index (χ3v) is 7.22. The summed E-state index contributed by atoms with van der Waals surface area (Å²) < 4.78 is 16.8. The highest BCUT2D eigenvalue weighted by Gasteiger charge is 2.50. The summed E-state index contributed by atoms with van der Waals surface area (Å²) in [5, 5.41) is 7.64. The summed E-state index contributed by atoms with van der Waals surface area (Å²) in [6.45, 7) is 7.58. The maximum Gasteiger partial charge on any atom is 0.229 e. The van der Waals surface area contributed by atoms with Gasteiger partial charge in [-0.05, 0) is 37.9 Å². The zero-order valence-electron chi connectivity index (χ0n) is 19.1. The Bertz CT molecular complexity index is 1160. The molecule has 9 heteroatoms. The molecule has 3 aliphatic rings. The van der Waals surface area contributed by atoms with Gasteiger partial charge in [0.15, 0.2) is 5.82 Å². The molecule has 6 heterocycles. The summed E-state index contributed by atoms with van der Waals surface area (Å²) in [5.41, 5.74) is 3.70. The van der Waals surface area contributed by atoms with Gasteiger partial charge in [-0.2, -0.15) is 5.10 Å². The van der Waals surface area contributed by atoms with Crippen LogP contribution in [0.4, 0.5) is 21.8 Å². The van der Waals surface area contributed by atoms with E-state index in [0.29, 0.717) is 23.1 Å². The molecule has 3 aromatic rings. The largest absolute Gasteiger partial charge is 0.369 e. The minimum absolute atomic E-state index is 0.287. The fourth-order valence-electron chi connectivity index (χ4n) is 5.75. The van der Waals surface area contributed by atoms with E-state index in [1.54, 1.807) is 6.20 Å². The van der Waals surface area contributed by atoms with Crippen LogP contribution in [0.1, 0.15) is 37.8 Å². The van der Waals surface area contributed by atoms with Gasteiger partial charge in [-0.25, -0.2) is 19.3 Å². The van der Waals surface area contributed by atoms with E-state index in [1.165, 1.54) is 19.3 Å². The second-order valence-corrected chi connectivity index (χ2v) is 10.0. The van der Waals surface area contributed by atoms with Crippen LogP contribution < -0.4 is 10.2 Å². The SMILES string of the molecule is C[C@@H]1CCCCn2ncc(-c3nc(Nc4ccc(N5CC6(CN(C)C6)C5)cn4)ncc3F)c21. The van der Waals surface area contributed by atoms with Crippen LogP contribution in [0.15, 0.2) is 30.7 Å². The van der Waals surface area contributed by atoms with E-state index in [4.69, 9.17) is 0 Å². The standard InChI is InChI=1S/C24H29FN8/c1-16-5-3-4-8-33-22(16)18(10-28-33)21-19(25)11-27-23(30-21)29-20-7-6-17(9-26-20)32-14-24(15-32)12-31(2)13-24/h6-7,9-11,16H,3-5,8,12-15H2,1-2H3,(H,26,27,29,30)/t16-/m1/s1. The molecule has 33 heavy (non-hydrogen) atoms. The number of anilines is 3. The number of nitrogens with one attached hydrogen (secondary N) is 1. The van der Waals surface area contributed by atoms with Gasteiger partial charge in [0.1, 0.15) is 11.5 Å². The van der Waals surface area contributed by atoms with Crippen molar-refractivity contribution in [3.8, 4) is 11.3 Å². The van der Waals surface area contributed by atoms with Crippen molar-refractivity contribution in [2.24, 2.45) is 5.41 Å². The van der Waals surface area contributed by atoms with Gasteiger partial charge in [-0.3, -0.25) is 4.68 Å². The maximum atomic E-state index is 14.8. The highest BCUT2D eigenvalue weighted by Crippen LogP contribution is 2.41. The number of nitrogens with zero attached hydrogens (tertiary/aromatic N) is 7. The number of hydrogen-bond donors (Lipinski definition) is 1. The van der Waals surface area contributed by atoms with Crippen molar-refractivity contribution < 1.29 is 4.39 Å². The first-order valence-electron chi connectivity index (χ1n) is 11.7. The number of aromatic nitrogens is 5. The average molecular weight is 449 g/mol. The van der Waals surface area contributed by atoms with E-state index in [0.717, 1.165) is 55.8 Å². The highest BCUT2D eigenvalue weighted by molar-refractivity contribution is 5.65. The lowest BCUT2D eigenvalue weighted by molar-refractivity contribution is -0.00241. The van der Waals surface area contributed by atoms with Crippen molar-refractivity contribution in [1.82, 2.24) is 29.6 Å². The van der Waals surface area contributed by atoms with Crippen molar-refractivity contribution in [2.75, 3.05) is 43.4 Å². The Morgan fingerprint density at radius 1 is 1.06 bits per heavy atom. The normalized spacial score (nSPS) is 21.8. The van der Waals surface area contributed by atoms with E-state index in [1.807, 2.05) is 16.9 Å². The van der Waals surface area contributed by atoms with Gasteiger partial charge in [0.2, 0.25) is 5.95 Å². The van der Waals surface area contributed by atoms with Gasteiger partial charge < -0.3 is 15.1 Å². The van der Waals surface area contributed by atoms with E-state index in [-0.39, 0.29) is 5.69 Å². The number of fused-ring (bicyclic) bond motifs is 1. The molecular weight excluding hydrogens is 419 g/mol. The topological polar surface area (TPSA) is 75.0 Å². The predicted octanol–water partition coefficient (Wildman–Crippen LogP) is 3.66. The van der Waals surface area contributed by atoms with Gasteiger partial charge in [0, 0.05) is 43.7 Å². The monoisotopic (exact) mass is 448 g/mol. The van der Waals surface area contributed by atoms with E-state index < -0.39 is 5.82 Å². The Morgan fingerprint density at radius 3 is 2.67 bits per heavy atom. The smallest absolute Gasteiger partial charge is 0.229 e. The number of likely N-dealkylation sites (tertiary alicyclic amines) is 1. The molecule has 172 valence electrons. The lowest BCUT2D eigenvalue weighted by atomic mass is 9.73. The van der Waals surface area contributed by atoms with Crippen LogP contribution in [-0.2, 0) is 6.54 Å². The molecule has 1 atom stereocenters. The van der Waals surface area contributed by atoms with Crippen LogP contribution >= 0.6 is 0 Å². The molecular formula is C24H29FN8. The van der Waals surface area contributed by atoms with E-state index in [9.17, 15) is 4.39 Å². The summed E-state index contributed by atoms with van der Waals surface area (Å²) in [5.74, 6) is 0.834. The quantitative estimate of drug-likeness (QED) is 0.653. The Morgan fingerprint density at radius 2 is 1.91 bits per heavy atom. The molecule has 0 radical (unpaired) electrons. The molecule has 0 bridgehead atoms. The molecule has 2 saturated heterocycles. The summed E-state index contributed by atoms with van der Waals surface area (Å²) in [4.78, 5) is 17.9. The first-order valence-corrected chi connectivity index (χ1v) is 11.7. The average Bonchev–Trinajstić information content (AvgIpc) is 3.09. The maximum absolute atomic E-state index is 14.8. The second kappa shape index (κ2) is 7.76. The van der Waals surface area contributed by atoms with Crippen LogP contribution in [0.3, 0.4) is 0 Å². The number of rotatable bonds is 4. The Balaban J connectivity index is 1.19. The lowest BCUT2D eigenvalue weighted by Crippen LogP contribution is -2.71. The van der Waals surface area contributed by atoms with Gasteiger partial charge in [0.25, 0.3) is 0 Å². The summed E-state index contributed by atoms with van der Waals surface area (Å²) in [6, 6.07) is 3.99. The molecule has 1 spiro atoms. The third-order valence-electron chi connectivity index (χ3n) is 7.22. The fourth-order valence-corrected chi connectivity index (χ4v) is 5.75. The van der Waals surface area contributed by atoms with Gasteiger partial charge in [-0.15, -0.1) is 0 Å². The molecule has 8 nitrogen and oxygen atoms in total. The minimum atomic E-state index is -0.440. The first kappa shape index (κ1) is 20.5. The minimum Gasteiger partial charge on any atom is -0.369 e. The second-order valence-electron chi connectivity index (χ2n) is 10.0. The van der Waals surface area contributed by atoms with E-state index in [2.05, 4.69) is 55.2 Å². The van der Waals surface area contributed by atoms with Crippen molar-refractivity contribution in [3.05, 3.63) is 42.2 Å². The summed E-state index contributed by atoms with van der Waals surface area (Å²) >= 11 is 0. The van der Waals surface area contributed by atoms with Crippen LogP contribution in [0.5, 0.6) is 0 Å². The van der Waals surface area contributed by atoms with Gasteiger partial charge in [-0.1, -0.05) is 13.3 Å². The molecule has 0 aromatic carbocycles. The molecule has 2 fully saturated rings. The third kappa shape index (κ3) is 3.64. The van der Waals surface area contributed by atoms with Crippen molar-refractivity contribution in [2.45, 2.75) is 38.6 Å². The molecule has 1 N–H and O–H groups in total. The molecule has 0 amide bonds. The zero-order chi connectivity index (χ0) is 22.6. The van der Waals surface area contributed by atoms with Crippen molar-refractivity contribution in [1.29, 1.82) is 0 Å². The number of halogens is 1. The number of aryl methyl sites for hydroxylation is 1. The molecule has 3 aromatic heterocycles. The Kier molecular flexibility index (Phi) is 4.83. The molecule has 6 rings (SSSR count). The molecule has 3 aliphatic heterocycles. The fraction of sp³-hybridized carbons (Fsp3) is 0.500. The van der Waals surface area contributed by atoms with Crippen LogP contribution in [0, 0.1) is 11.2 Å². The van der Waals surface area contributed by atoms with Gasteiger partial charge in [0.05, 0.1) is 30.0 Å². The Hall–Kier alpha value is -3.07. The van der Waals surface area contributed by atoms with Crippen LogP contribution in [0.25, 0.3) is 11.3 Å². The molecule has 0 unspecified atom stereocenters. The summed E-state index contributed by atoms with van der Waals surface area (Å²) in [7, 11) is 2.17. The summed E-state index contributed by atoms with van der Waals surface area (Å²) in [6.07, 6.45) is 8.15. The lowest BCUT2D eigenvalue weighted by Gasteiger charge is -2.60. The van der Waals surface area contributed by atoms with Crippen molar-refractivity contribution in [3.63, 3.8) is 0 Å².